The van der Waals surface area contributed by atoms with Crippen molar-refractivity contribution in [1.82, 2.24) is 19.9 Å². The number of amides is 1. The average Bonchev–Trinajstić information content (AvgIpc) is 3.24. The summed E-state index contributed by atoms with van der Waals surface area (Å²) in [6.07, 6.45) is 6.52. The highest BCUT2D eigenvalue weighted by molar-refractivity contribution is 6.13. The Hall–Kier alpha value is -4.26. The molecule has 29 heavy (non-hydrogen) atoms. The van der Waals surface area contributed by atoms with E-state index in [9.17, 15) is 4.79 Å². The predicted molar refractivity (Wildman–Crippen MR) is 110 cm³/mol. The standard InChI is InChI=1S/C22H15N5O2/c28-21(27-15-4-2-9-23-12-15)18-5-1-3-14-11-16(6-7-17(14)18)29-22-19-8-10-24-20(19)25-13-26-22/h1-13H,(H,27,28)(H,24,25,26). The Morgan fingerprint density at radius 2 is 1.97 bits per heavy atom. The van der Waals surface area contributed by atoms with Crippen molar-refractivity contribution in [3.05, 3.63) is 85.1 Å². The van der Waals surface area contributed by atoms with Crippen molar-refractivity contribution in [2.75, 3.05) is 5.32 Å². The van der Waals surface area contributed by atoms with Gasteiger partial charge >= 0.3 is 0 Å². The van der Waals surface area contributed by atoms with Gasteiger partial charge in [0.05, 0.1) is 17.3 Å². The molecule has 2 N–H and O–H groups in total. The van der Waals surface area contributed by atoms with Gasteiger partial charge in [0, 0.05) is 18.0 Å². The number of H-pyrrole nitrogens is 1. The lowest BCUT2D eigenvalue weighted by Gasteiger charge is -2.10. The second-order valence-corrected chi connectivity index (χ2v) is 6.41. The summed E-state index contributed by atoms with van der Waals surface area (Å²) in [7, 11) is 0. The predicted octanol–water partition coefficient (Wildman–Crippen LogP) is 4.55. The summed E-state index contributed by atoms with van der Waals surface area (Å²) in [5.41, 5.74) is 1.94. The molecule has 0 spiro atoms. The molecule has 3 heterocycles. The van der Waals surface area contributed by atoms with Crippen LogP contribution in [0.1, 0.15) is 10.4 Å². The molecule has 2 aromatic carbocycles. The van der Waals surface area contributed by atoms with Crippen LogP contribution in [0.15, 0.2) is 79.5 Å². The summed E-state index contributed by atoms with van der Waals surface area (Å²) in [6, 6.07) is 16.6. The van der Waals surface area contributed by atoms with Crippen LogP contribution in [-0.4, -0.2) is 25.8 Å². The van der Waals surface area contributed by atoms with Gasteiger partial charge in [-0.25, -0.2) is 9.97 Å². The minimum atomic E-state index is -0.192. The largest absolute Gasteiger partial charge is 0.438 e. The van der Waals surface area contributed by atoms with Crippen molar-refractivity contribution in [2.24, 2.45) is 0 Å². The SMILES string of the molecule is O=C(Nc1cccnc1)c1cccc2cc(Oc3ncnc4[nH]ccc34)ccc12. The van der Waals surface area contributed by atoms with Gasteiger partial charge in [-0.05, 0) is 53.2 Å². The van der Waals surface area contributed by atoms with Crippen LogP contribution in [-0.2, 0) is 0 Å². The molecule has 0 saturated carbocycles. The molecule has 7 nitrogen and oxygen atoms in total. The normalized spacial score (nSPS) is 10.9. The van der Waals surface area contributed by atoms with Crippen molar-refractivity contribution < 1.29 is 9.53 Å². The fourth-order valence-electron chi connectivity index (χ4n) is 3.20. The van der Waals surface area contributed by atoms with Gasteiger partial charge in [0.25, 0.3) is 5.91 Å². The first-order valence-electron chi connectivity index (χ1n) is 8.98. The molecule has 0 unspecified atom stereocenters. The lowest BCUT2D eigenvalue weighted by Crippen LogP contribution is -2.12. The molecule has 5 aromatic rings. The van der Waals surface area contributed by atoms with E-state index in [1.54, 1.807) is 36.8 Å². The van der Waals surface area contributed by atoms with Crippen molar-refractivity contribution in [1.29, 1.82) is 0 Å². The quantitative estimate of drug-likeness (QED) is 0.476. The number of rotatable bonds is 4. The molecule has 0 atom stereocenters. The summed E-state index contributed by atoms with van der Waals surface area (Å²) in [6.45, 7) is 0. The van der Waals surface area contributed by atoms with Gasteiger partial charge in [-0.15, -0.1) is 0 Å². The Labute approximate surface area is 165 Å². The summed E-state index contributed by atoms with van der Waals surface area (Å²) >= 11 is 0. The Morgan fingerprint density at radius 3 is 2.86 bits per heavy atom. The minimum Gasteiger partial charge on any atom is -0.438 e. The molecule has 0 aliphatic rings. The van der Waals surface area contributed by atoms with Gasteiger partial charge in [-0.3, -0.25) is 9.78 Å². The Kier molecular flexibility index (Phi) is 4.10. The van der Waals surface area contributed by atoms with Gasteiger partial charge in [-0.1, -0.05) is 12.1 Å². The number of aromatic nitrogens is 4. The number of hydrogen-bond acceptors (Lipinski definition) is 5. The number of ether oxygens (including phenoxy) is 1. The minimum absolute atomic E-state index is 0.192. The molecular formula is C22H15N5O2. The maximum Gasteiger partial charge on any atom is 0.256 e. The summed E-state index contributed by atoms with van der Waals surface area (Å²) in [4.78, 5) is 28.2. The second-order valence-electron chi connectivity index (χ2n) is 6.41. The van der Waals surface area contributed by atoms with Crippen molar-refractivity contribution in [3.8, 4) is 11.6 Å². The van der Waals surface area contributed by atoms with Crippen LogP contribution in [0.3, 0.4) is 0 Å². The molecule has 0 fully saturated rings. The smallest absolute Gasteiger partial charge is 0.256 e. The van der Waals surface area contributed by atoms with E-state index >= 15 is 0 Å². The molecule has 7 heteroatoms. The number of benzene rings is 2. The fourth-order valence-corrected chi connectivity index (χ4v) is 3.20. The molecular weight excluding hydrogens is 366 g/mol. The highest BCUT2D eigenvalue weighted by Crippen LogP contribution is 2.29. The number of nitrogens with one attached hydrogen (secondary N) is 2. The third-order valence-corrected chi connectivity index (χ3v) is 4.55. The van der Waals surface area contributed by atoms with Gasteiger partial charge in [0.2, 0.25) is 5.88 Å². The summed E-state index contributed by atoms with van der Waals surface area (Å²) < 4.78 is 5.97. The number of carbonyl (C=O) groups is 1. The van der Waals surface area contributed by atoms with Crippen molar-refractivity contribution in [3.63, 3.8) is 0 Å². The lowest BCUT2D eigenvalue weighted by atomic mass is 10.0. The van der Waals surface area contributed by atoms with E-state index in [0.29, 0.717) is 28.5 Å². The van der Waals surface area contributed by atoms with E-state index in [1.165, 1.54) is 6.33 Å². The summed E-state index contributed by atoms with van der Waals surface area (Å²) in [5.74, 6) is 0.909. The topological polar surface area (TPSA) is 92.8 Å². The van der Waals surface area contributed by atoms with Crippen molar-refractivity contribution >= 4 is 33.4 Å². The Morgan fingerprint density at radius 1 is 1.00 bits per heavy atom. The first kappa shape index (κ1) is 16.9. The van der Waals surface area contributed by atoms with Gasteiger partial charge < -0.3 is 15.0 Å². The van der Waals surface area contributed by atoms with E-state index in [2.05, 4.69) is 25.3 Å². The molecule has 0 aliphatic carbocycles. The third kappa shape index (κ3) is 3.25. The van der Waals surface area contributed by atoms with Crippen LogP contribution in [0.25, 0.3) is 21.8 Å². The number of aromatic amines is 1. The van der Waals surface area contributed by atoms with E-state index in [0.717, 1.165) is 16.2 Å². The summed E-state index contributed by atoms with van der Waals surface area (Å²) in [5, 5.41) is 5.39. The number of pyridine rings is 1. The Bertz CT molecular complexity index is 1330. The molecule has 0 aliphatic heterocycles. The van der Waals surface area contributed by atoms with Crippen molar-refractivity contribution in [2.45, 2.75) is 0 Å². The number of hydrogen-bond donors (Lipinski definition) is 2. The van der Waals surface area contributed by atoms with Crippen LogP contribution in [0.4, 0.5) is 5.69 Å². The van der Waals surface area contributed by atoms with Gasteiger partial charge in [0.15, 0.2) is 0 Å². The highest BCUT2D eigenvalue weighted by atomic mass is 16.5. The van der Waals surface area contributed by atoms with Crippen LogP contribution < -0.4 is 10.1 Å². The lowest BCUT2D eigenvalue weighted by molar-refractivity contribution is 0.102. The third-order valence-electron chi connectivity index (χ3n) is 4.55. The average molecular weight is 381 g/mol. The number of fused-ring (bicyclic) bond motifs is 2. The van der Waals surface area contributed by atoms with E-state index in [1.807, 2.05) is 36.4 Å². The van der Waals surface area contributed by atoms with E-state index in [-0.39, 0.29) is 5.91 Å². The van der Waals surface area contributed by atoms with Crippen LogP contribution >= 0.6 is 0 Å². The Balaban J connectivity index is 1.47. The molecule has 1 amide bonds. The molecule has 0 saturated heterocycles. The van der Waals surface area contributed by atoms with Crippen LogP contribution in [0.5, 0.6) is 11.6 Å². The number of anilines is 1. The zero-order valence-electron chi connectivity index (χ0n) is 15.2. The molecule has 5 rings (SSSR count). The zero-order valence-corrected chi connectivity index (χ0v) is 15.2. The van der Waals surface area contributed by atoms with Crippen LogP contribution in [0.2, 0.25) is 0 Å². The zero-order chi connectivity index (χ0) is 19.6. The van der Waals surface area contributed by atoms with Gasteiger partial charge in [-0.2, -0.15) is 0 Å². The molecule has 0 radical (unpaired) electrons. The van der Waals surface area contributed by atoms with E-state index in [4.69, 9.17) is 4.74 Å². The monoisotopic (exact) mass is 381 g/mol. The van der Waals surface area contributed by atoms with Gasteiger partial charge in [0.1, 0.15) is 17.7 Å². The number of carbonyl (C=O) groups excluding carboxylic acids is 1. The molecule has 3 aromatic heterocycles. The van der Waals surface area contributed by atoms with Crippen LogP contribution in [0, 0.1) is 0 Å². The molecule has 0 bridgehead atoms. The first-order chi connectivity index (χ1) is 14.3. The second kappa shape index (κ2) is 7.05. The fraction of sp³-hybridized carbons (Fsp3) is 0. The number of nitrogens with zero attached hydrogens (tertiary/aromatic N) is 3. The maximum absolute atomic E-state index is 12.7. The first-order valence-corrected chi connectivity index (χ1v) is 8.98. The maximum atomic E-state index is 12.7. The molecule has 140 valence electrons. The van der Waals surface area contributed by atoms with E-state index < -0.39 is 0 Å². The highest BCUT2D eigenvalue weighted by Gasteiger charge is 2.12.